The molecule has 6 nitrogen and oxygen atoms in total. The normalized spacial score (nSPS) is 18.6. The Morgan fingerprint density at radius 2 is 1.71 bits per heavy atom. The zero-order chi connectivity index (χ0) is 19.4. The summed E-state index contributed by atoms with van der Waals surface area (Å²) < 4.78 is 5.61. The van der Waals surface area contributed by atoms with Crippen molar-refractivity contribution in [2.75, 3.05) is 12.4 Å². The SMILES string of the molecule is COC1(C)C=C(Nc2cc(-c3ccccn3)nc(-c3ccccn3)n2)C=CC1. The third-order valence-electron chi connectivity index (χ3n) is 4.57. The van der Waals surface area contributed by atoms with Gasteiger partial charge in [0.05, 0.1) is 17.0 Å². The Bertz CT molecular complexity index is 960. The third kappa shape index (κ3) is 3.97. The number of methoxy groups -OCH3 is 1. The number of anilines is 1. The van der Waals surface area contributed by atoms with E-state index in [0.29, 0.717) is 17.3 Å². The molecule has 28 heavy (non-hydrogen) atoms. The van der Waals surface area contributed by atoms with Crippen molar-refractivity contribution in [2.45, 2.75) is 18.9 Å². The average Bonchev–Trinajstić information content (AvgIpc) is 2.75. The van der Waals surface area contributed by atoms with Crippen molar-refractivity contribution in [3.05, 3.63) is 78.8 Å². The zero-order valence-electron chi connectivity index (χ0n) is 15.8. The molecule has 4 rings (SSSR count). The molecule has 0 amide bonds. The molecule has 0 aromatic carbocycles. The van der Waals surface area contributed by atoms with E-state index in [0.717, 1.165) is 23.5 Å². The second-order valence-electron chi connectivity index (χ2n) is 6.74. The van der Waals surface area contributed by atoms with Gasteiger partial charge in [0.25, 0.3) is 0 Å². The van der Waals surface area contributed by atoms with E-state index in [1.54, 1.807) is 19.5 Å². The van der Waals surface area contributed by atoms with Crippen molar-refractivity contribution in [2.24, 2.45) is 0 Å². The molecular weight excluding hydrogens is 350 g/mol. The zero-order valence-corrected chi connectivity index (χ0v) is 15.8. The average molecular weight is 371 g/mol. The fraction of sp³-hybridized carbons (Fsp3) is 0.182. The fourth-order valence-corrected chi connectivity index (χ4v) is 2.99. The molecule has 0 spiro atoms. The van der Waals surface area contributed by atoms with Gasteiger partial charge in [0.1, 0.15) is 11.5 Å². The summed E-state index contributed by atoms with van der Waals surface area (Å²) in [6.07, 6.45) is 10.5. The van der Waals surface area contributed by atoms with E-state index >= 15 is 0 Å². The lowest BCUT2D eigenvalue weighted by Crippen LogP contribution is -2.26. The standard InChI is InChI=1S/C22H21N5O/c1-22(28-2)11-7-8-16(15-22)25-20-14-19(17-9-3-5-12-23-17)26-21(27-20)18-10-4-6-13-24-18/h3-10,12-15H,11H2,1-2H3,(H,25,26,27). The highest BCUT2D eigenvalue weighted by molar-refractivity contribution is 5.65. The van der Waals surface area contributed by atoms with Crippen LogP contribution in [0.3, 0.4) is 0 Å². The van der Waals surface area contributed by atoms with Gasteiger partial charge in [-0.15, -0.1) is 0 Å². The molecule has 140 valence electrons. The topological polar surface area (TPSA) is 72.8 Å². The Hall–Kier alpha value is -3.38. The first-order valence-corrected chi connectivity index (χ1v) is 9.09. The predicted octanol–water partition coefficient (Wildman–Crippen LogP) is 4.26. The molecule has 1 atom stereocenters. The number of aromatic nitrogens is 4. The Kier molecular flexibility index (Phi) is 4.95. The van der Waals surface area contributed by atoms with Crippen LogP contribution < -0.4 is 5.32 Å². The maximum absolute atomic E-state index is 5.61. The highest BCUT2D eigenvalue weighted by Crippen LogP contribution is 2.27. The van der Waals surface area contributed by atoms with Crippen molar-refractivity contribution >= 4 is 5.82 Å². The predicted molar refractivity (Wildman–Crippen MR) is 109 cm³/mol. The van der Waals surface area contributed by atoms with Crippen LogP contribution >= 0.6 is 0 Å². The lowest BCUT2D eigenvalue weighted by atomic mass is 9.96. The van der Waals surface area contributed by atoms with Crippen LogP contribution in [0.4, 0.5) is 5.82 Å². The van der Waals surface area contributed by atoms with Gasteiger partial charge in [-0.05, 0) is 49.8 Å². The smallest absolute Gasteiger partial charge is 0.180 e. The largest absolute Gasteiger partial charge is 0.374 e. The van der Waals surface area contributed by atoms with Crippen LogP contribution in [-0.2, 0) is 4.74 Å². The Morgan fingerprint density at radius 3 is 2.39 bits per heavy atom. The van der Waals surface area contributed by atoms with E-state index in [4.69, 9.17) is 4.74 Å². The Labute approximate surface area is 164 Å². The van der Waals surface area contributed by atoms with Crippen LogP contribution in [0.15, 0.2) is 78.8 Å². The van der Waals surface area contributed by atoms with E-state index in [1.807, 2.05) is 48.5 Å². The molecule has 6 heteroatoms. The molecule has 1 aliphatic rings. The summed E-state index contributed by atoms with van der Waals surface area (Å²) in [7, 11) is 1.72. The second-order valence-corrected chi connectivity index (χ2v) is 6.74. The minimum atomic E-state index is -0.336. The molecular formula is C22H21N5O. The van der Waals surface area contributed by atoms with Crippen molar-refractivity contribution in [1.82, 2.24) is 19.9 Å². The first kappa shape index (κ1) is 18.0. The van der Waals surface area contributed by atoms with Crippen LogP contribution in [0.25, 0.3) is 22.9 Å². The van der Waals surface area contributed by atoms with Crippen molar-refractivity contribution in [1.29, 1.82) is 0 Å². The molecule has 3 aromatic rings. The highest BCUT2D eigenvalue weighted by Gasteiger charge is 2.22. The van der Waals surface area contributed by atoms with Gasteiger partial charge in [0.2, 0.25) is 0 Å². The van der Waals surface area contributed by atoms with Gasteiger partial charge in [-0.1, -0.05) is 18.2 Å². The van der Waals surface area contributed by atoms with E-state index in [9.17, 15) is 0 Å². The number of hydrogen-bond acceptors (Lipinski definition) is 6. The van der Waals surface area contributed by atoms with E-state index < -0.39 is 0 Å². The molecule has 0 fully saturated rings. The number of nitrogens with zero attached hydrogens (tertiary/aromatic N) is 4. The third-order valence-corrected chi connectivity index (χ3v) is 4.57. The molecule has 0 saturated carbocycles. The molecule has 3 aromatic heterocycles. The number of rotatable bonds is 5. The minimum Gasteiger partial charge on any atom is -0.374 e. The summed E-state index contributed by atoms with van der Waals surface area (Å²) in [5.74, 6) is 1.22. The van der Waals surface area contributed by atoms with Gasteiger partial charge in [0.15, 0.2) is 5.82 Å². The lowest BCUT2D eigenvalue weighted by molar-refractivity contribution is 0.0499. The number of ether oxygens (including phenoxy) is 1. The van der Waals surface area contributed by atoms with Gasteiger partial charge in [-0.3, -0.25) is 9.97 Å². The number of nitrogens with one attached hydrogen (secondary N) is 1. The fourth-order valence-electron chi connectivity index (χ4n) is 2.99. The number of hydrogen-bond donors (Lipinski definition) is 1. The van der Waals surface area contributed by atoms with Gasteiger partial charge >= 0.3 is 0 Å². The summed E-state index contributed by atoms with van der Waals surface area (Å²) in [5, 5.41) is 3.38. The van der Waals surface area contributed by atoms with E-state index in [2.05, 4.69) is 44.3 Å². The Morgan fingerprint density at radius 1 is 0.964 bits per heavy atom. The maximum Gasteiger partial charge on any atom is 0.180 e. The summed E-state index contributed by atoms with van der Waals surface area (Å²) >= 11 is 0. The van der Waals surface area contributed by atoms with Gasteiger partial charge in [-0.2, -0.15) is 0 Å². The van der Waals surface area contributed by atoms with Crippen LogP contribution in [0.2, 0.25) is 0 Å². The van der Waals surface area contributed by atoms with E-state index in [-0.39, 0.29) is 5.60 Å². The monoisotopic (exact) mass is 371 g/mol. The minimum absolute atomic E-state index is 0.336. The summed E-state index contributed by atoms with van der Waals surface area (Å²) in [5.41, 5.74) is 2.80. The molecule has 0 radical (unpaired) electrons. The van der Waals surface area contributed by atoms with Gasteiger partial charge in [-0.25, -0.2) is 9.97 Å². The van der Waals surface area contributed by atoms with Gasteiger partial charge < -0.3 is 10.1 Å². The van der Waals surface area contributed by atoms with Crippen LogP contribution in [-0.4, -0.2) is 32.6 Å². The first-order chi connectivity index (χ1) is 13.6. The van der Waals surface area contributed by atoms with Crippen molar-refractivity contribution in [3.63, 3.8) is 0 Å². The molecule has 3 heterocycles. The van der Waals surface area contributed by atoms with Gasteiger partial charge in [0, 0.05) is 31.3 Å². The van der Waals surface area contributed by atoms with Crippen LogP contribution in [0, 0.1) is 0 Å². The molecule has 1 aliphatic carbocycles. The highest BCUT2D eigenvalue weighted by atomic mass is 16.5. The molecule has 0 aliphatic heterocycles. The van der Waals surface area contributed by atoms with Crippen molar-refractivity contribution < 1.29 is 4.74 Å². The molecule has 1 N–H and O–H groups in total. The molecule has 1 unspecified atom stereocenters. The molecule has 0 bridgehead atoms. The summed E-state index contributed by atoms with van der Waals surface area (Å²) in [6.45, 7) is 2.05. The Balaban J connectivity index is 1.75. The van der Waals surface area contributed by atoms with E-state index in [1.165, 1.54) is 0 Å². The van der Waals surface area contributed by atoms with Crippen molar-refractivity contribution in [3.8, 4) is 22.9 Å². The maximum atomic E-state index is 5.61. The summed E-state index contributed by atoms with van der Waals surface area (Å²) in [4.78, 5) is 18.1. The second kappa shape index (κ2) is 7.70. The number of allylic oxidation sites excluding steroid dienone is 1. The quantitative estimate of drug-likeness (QED) is 0.722. The first-order valence-electron chi connectivity index (χ1n) is 9.09. The molecule has 0 saturated heterocycles. The van der Waals surface area contributed by atoms with Crippen LogP contribution in [0.1, 0.15) is 13.3 Å². The summed E-state index contributed by atoms with van der Waals surface area (Å²) in [6, 6.07) is 13.3. The lowest BCUT2D eigenvalue weighted by Gasteiger charge is -2.27. The number of pyridine rings is 2. The van der Waals surface area contributed by atoms with Crippen LogP contribution in [0.5, 0.6) is 0 Å².